The lowest BCUT2D eigenvalue weighted by molar-refractivity contribution is 0.318. The lowest BCUT2D eigenvalue weighted by atomic mass is 10.0. The molecule has 0 aliphatic heterocycles. The van der Waals surface area contributed by atoms with Gasteiger partial charge in [0.1, 0.15) is 0 Å². The molecule has 0 radical (unpaired) electrons. The van der Waals surface area contributed by atoms with Gasteiger partial charge in [0.25, 0.3) is 0 Å². The number of nitrogens with zero attached hydrogens (tertiary/aromatic N) is 1. The van der Waals surface area contributed by atoms with Crippen LogP contribution in [0.5, 0.6) is 0 Å². The topological polar surface area (TPSA) is 32.6 Å². The maximum Gasteiger partial charge on any atom is 0.0911 e. The van der Waals surface area contributed by atoms with E-state index in [4.69, 9.17) is 5.21 Å². The molecule has 0 atom stereocenters. The fourth-order valence-corrected chi connectivity index (χ4v) is 1.79. The SMILES string of the molecule is O/N=C(\Cc1ccccc1)c1ccc(S)cc1. The quantitative estimate of drug-likeness (QED) is 0.368. The molecule has 2 rings (SSSR count). The highest BCUT2D eigenvalue weighted by molar-refractivity contribution is 7.80. The Labute approximate surface area is 106 Å². The van der Waals surface area contributed by atoms with Crippen molar-refractivity contribution >= 4 is 18.3 Å². The van der Waals surface area contributed by atoms with Crippen molar-refractivity contribution in [3.8, 4) is 0 Å². The molecule has 0 spiro atoms. The van der Waals surface area contributed by atoms with E-state index in [9.17, 15) is 0 Å². The Morgan fingerprint density at radius 3 is 2.24 bits per heavy atom. The lowest BCUT2D eigenvalue weighted by Gasteiger charge is -2.05. The minimum atomic E-state index is 0.614. The van der Waals surface area contributed by atoms with E-state index in [1.807, 2.05) is 54.6 Å². The second-order valence-electron chi connectivity index (χ2n) is 3.76. The molecule has 0 unspecified atom stereocenters. The van der Waals surface area contributed by atoms with Gasteiger partial charge in [0.05, 0.1) is 5.71 Å². The molecular formula is C14H13NOS. The van der Waals surface area contributed by atoms with Crippen LogP contribution in [0.15, 0.2) is 64.6 Å². The van der Waals surface area contributed by atoms with Crippen molar-refractivity contribution in [1.29, 1.82) is 0 Å². The molecule has 17 heavy (non-hydrogen) atoms. The van der Waals surface area contributed by atoms with Gasteiger partial charge in [-0.15, -0.1) is 12.6 Å². The highest BCUT2D eigenvalue weighted by atomic mass is 32.1. The van der Waals surface area contributed by atoms with Gasteiger partial charge in [0.15, 0.2) is 0 Å². The van der Waals surface area contributed by atoms with E-state index < -0.39 is 0 Å². The van der Waals surface area contributed by atoms with Gasteiger partial charge in [0, 0.05) is 11.3 Å². The summed E-state index contributed by atoms with van der Waals surface area (Å²) in [6.45, 7) is 0. The lowest BCUT2D eigenvalue weighted by Crippen LogP contribution is -2.05. The molecule has 0 aliphatic carbocycles. The molecule has 2 aromatic rings. The van der Waals surface area contributed by atoms with Crippen molar-refractivity contribution in [3.05, 3.63) is 65.7 Å². The number of benzene rings is 2. The van der Waals surface area contributed by atoms with Crippen LogP contribution in [0.4, 0.5) is 0 Å². The average molecular weight is 243 g/mol. The van der Waals surface area contributed by atoms with Crippen molar-refractivity contribution in [2.75, 3.05) is 0 Å². The van der Waals surface area contributed by atoms with E-state index in [-0.39, 0.29) is 0 Å². The smallest absolute Gasteiger partial charge is 0.0911 e. The van der Waals surface area contributed by atoms with E-state index in [1.54, 1.807) is 0 Å². The molecule has 3 heteroatoms. The van der Waals surface area contributed by atoms with Gasteiger partial charge < -0.3 is 5.21 Å². The van der Waals surface area contributed by atoms with Crippen LogP contribution in [-0.4, -0.2) is 10.9 Å². The van der Waals surface area contributed by atoms with Crippen LogP contribution >= 0.6 is 12.6 Å². The third-order valence-electron chi connectivity index (χ3n) is 2.54. The maximum absolute atomic E-state index is 9.08. The Kier molecular flexibility index (Phi) is 3.83. The zero-order valence-electron chi connectivity index (χ0n) is 9.24. The Morgan fingerprint density at radius 1 is 1.00 bits per heavy atom. The van der Waals surface area contributed by atoms with Crippen molar-refractivity contribution in [1.82, 2.24) is 0 Å². The van der Waals surface area contributed by atoms with Crippen LogP contribution < -0.4 is 0 Å². The predicted molar refractivity (Wildman–Crippen MR) is 72.2 cm³/mol. The molecule has 0 bridgehead atoms. The normalized spacial score (nSPS) is 11.5. The molecule has 0 fully saturated rings. The van der Waals surface area contributed by atoms with E-state index >= 15 is 0 Å². The summed E-state index contributed by atoms with van der Waals surface area (Å²) in [5, 5.41) is 12.5. The first-order valence-electron chi connectivity index (χ1n) is 5.34. The van der Waals surface area contributed by atoms with Gasteiger partial charge >= 0.3 is 0 Å². The van der Waals surface area contributed by atoms with Crippen molar-refractivity contribution in [3.63, 3.8) is 0 Å². The number of oxime groups is 1. The van der Waals surface area contributed by atoms with Gasteiger partial charge in [-0.3, -0.25) is 0 Å². The monoisotopic (exact) mass is 243 g/mol. The highest BCUT2D eigenvalue weighted by Gasteiger charge is 2.05. The number of rotatable bonds is 3. The minimum Gasteiger partial charge on any atom is -0.411 e. The number of hydrogen-bond donors (Lipinski definition) is 2. The Hall–Kier alpha value is -1.74. The zero-order valence-corrected chi connectivity index (χ0v) is 10.1. The van der Waals surface area contributed by atoms with Crippen LogP contribution in [0, 0.1) is 0 Å². The van der Waals surface area contributed by atoms with Crippen LogP contribution in [0.3, 0.4) is 0 Å². The van der Waals surface area contributed by atoms with Gasteiger partial charge in [-0.1, -0.05) is 47.6 Å². The molecule has 2 aromatic carbocycles. The zero-order chi connectivity index (χ0) is 12.1. The first-order chi connectivity index (χ1) is 8.29. The third-order valence-corrected chi connectivity index (χ3v) is 2.83. The molecular weight excluding hydrogens is 230 g/mol. The summed E-state index contributed by atoms with van der Waals surface area (Å²) < 4.78 is 0. The molecule has 2 nitrogen and oxygen atoms in total. The minimum absolute atomic E-state index is 0.614. The van der Waals surface area contributed by atoms with E-state index in [1.165, 1.54) is 0 Å². The summed E-state index contributed by atoms with van der Waals surface area (Å²) in [5.74, 6) is 0. The largest absolute Gasteiger partial charge is 0.411 e. The predicted octanol–water partition coefficient (Wildman–Crippen LogP) is 3.40. The first kappa shape index (κ1) is 11.7. The van der Waals surface area contributed by atoms with Crippen molar-refractivity contribution in [2.24, 2.45) is 5.16 Å². The van der Waals surface area contributed by atoms with Crippen molar-refractivity contribution in [2.45, 2.75) is 11.3 Å². The molecule has 1 N–H and O–H groups in total. The molecule has 0 aliphatic rings. The summed E-state index contributed by atoms with van der Waals surface area (Å²) >= 11 is 4.23. The second-order valence-corrected chi connectivity index (χ2v) is 4.27. The number of hydrogen-bond acceptors (Lipinski definition) is 3. The van der Waals surface area contributed by atoms with E-state index in [2.05, 4.69) is 17.8 Å². The van der Waals surface area contributed by atoms with Crippen LogP contribution in [-0.2, 0) is 6.42 Å². The van der Waals surface area contributed by atoms with E-state index in [0.717, 1.165) is 16.0 Å². The van der Waals surface area contributed by atoms with Gasteiger partial charge in [0.2, 0.25) is 0 Å². The number of thiol groups is 1. The highest BCUT2D eigenvalue weighted by Crippen LogP contribution is 2.12. The fourth-order valence-electron chi connectivity index (χ4n) is 1.64. The Bertz CT molecular complexity index is 506. The summed E-state index contributed by atoms with van der Waals surface area (Å²) in [5.41, 5.74) is 2.69. The Balaban J connectivity index is 2.21. The summed E-state index contributed by atoms with van der Waals surface area (Å²) in [6.07, 6.45) is 0.614. The molecule has 86 valence electrons. The van der Waals surface area contributed by atoms with Crippen LogP contribution in [0.25, 0.3) is 0 Å². The molecule has 0 aromatic heterocycles. The second kappa shape index (κ2) is 5.55. The Morgan fingerprint density at radius 2 is 1.65 bits per heavy atom. The van der Waals surface area contributed by atoms with Gasteiger partial charge in [-0.2, -0.15) is 0 Å². The van der Waals surface area contributed by atoms with Crippen LogP contribution in [0.1, 0.15) is 11.1 Å². The molecule has 0 amide bonds. The molecule has 0 saturated heterocycles. The summed E-state index contributed by atoms with van der Waals surface area (Å²) in [6, 6.07) is 17.5. The third kappa shape index (κ3) is 3.11. The summed E-state index contributed by atoms with van der Waals surface area (Å²) in [7, 11) is 0. The standard InChI is InChI=1S/C14H13NOS/c16-15-14(10-11-4-2-1-3-5-11)12-6-8-13(17)9-7-12/h1-9,16-17H,10H2/b15-14+. The van der Waals surface area contributed by atoms with E-state index in [0.29, 0.717) is 12.1 Å². The van der Waals surface area contributed by atoms with Crippen LogP contribution in [0.2, 0.25) is 0 Å². The molecule has 0 saturated carbocycles. The van der Waals surface area contributed by atoms with Gasteiger partial charge in [-0.05, 0) is 23.3 Å². The average Bonchev–Trinajstić information content (AvgIpc) is 2.38. The van der Waals surface area contributed by atoms with Crippen molar-refractivity contribution < 1.29 is 5.21 Å². The molecule has 0 heterocycles. The first-order valence-corrected chi connectivity index (χ1v) is 5.78. The fraction of sp³-hybridized carbons (Fsp3) is 0.0714. The summed E-state index contributed by atoms with van der Waals surface area (Å²) in [4.78, 5) is 0.894. The van der Waals surface area contributed by atoms with Gasteiger partial charge in [-0.25, -0.2) is 0 Å². The maximum atomic E-state index is 9.08.